The number of thioether (sulfide) groups is 1. The van der Waals surface area contributed by atoms with Crippen molar-refractivity contribution in [2.45, 2.75) is 31.5 Å². The smallest absolute Gasteiger partial charge is 0.234 e. The summed E-state index contributed by atoms with van der Waals surface area (Å²) in [5, 5.41) is 15.2. The number of benzene rings is 2. The topological polar surface area (TPSA) is 100 Å². The summed E-state index contributed by atoms with van der Waals surface area (Å²) >= 11 is 1.23. The summed E-state index contributed by atoms with van der Waals surface area (Å²) in [4.78, 5) is 12.7. The van der Waals surface area contributed by atoms with E-state index in [4.69, 9.17) is 14.2 Å². The molecule has 0 saturated carbocycles. The molecule has 2 aromatic carbocycles. The van der Waals surface area contributed by atoms with Gasteiger partial charge in [-0.1, -0.05) is 23.9 Å². The first-order chi connectivity index (χ1) is 15.1. The Morgan fingerprint density at radius 3 is 2.97 bits per heavy atom. The highest BCUT2D eigenvalue weighted by molar-refractivity contribution is 7.99. The number of carbonyl (C=O) groups excluding carboxylic acids is 1. The van der Waals surface area contributed by atoms with Crippen LogP contribution in [0.25, 0.3) is 5.69 Å². The molecule has 1 unspecified atom stereocenters. The first-order valence-electron chi connectivity index (χ1n) is 9.89. The largest absolute Gasteiger partial charge is 0.494 e. The van der Waals surface area contributed by atoms with Gasteiger partial charge < -0.3 is 19.5 Å². The maximum atomic E-state index is 12.7. The highest BCUT2D eigenvalue weighted by Gasteiger charge is 2.23. The maximum absolute atomic E-state index is 12.7. The van der Waals surface area contributed by atoms with E-state index in [1.807, 2.05) is 50.2 Å². The third kappa shape index (κ3) is 4.58. The molecule has 0 saturated heterocycles. The van der Waals surface area contributed by atoms with Crippen molar-refractivity contribution in [3.8, 4) is 22.9 Å². The lowest BCUT2D eigenvalue weighted by Gasteiger charge is -2.13. The van der Waals surface area contributed by atoms with Gasteiger partial charge in [-0.05, 0) is 42.5 Å². The second kappa shape index (κ2) is 9.25. The number of amides is 1. The third-order valence-electron chi connectivity index (χ3n) is 4.66. The van der Waals surface area contributed by atoms with Gasteiger partial charge in [0.15, 0.2) is 0 Å². The maximum Gasteiger partial charge on any atom is 0.234 e. The number of aromatic nitrogens is 4. The summed E-state index contributed by atoms with van der Waals surface area (Å²) in [6.45, 7) is 4.42. The third-order valence-corrected chi connectivity index (χ3v) is 5.58. The van der Waals surface area contributed by atoms with Gasteiger partial charge in [0.1, 0.15) is 29.0 Å². The summed E-state index contributed by atoms with van der Waals surface area (Å²) in [6, 6.07) is 11.2. The fourth-order valence-corrected chi connectivity index (χ4v) is 4.04. The first kappa shape index (κ1) is 21.0. The quantitative estimate of drug-likeness (QED) is 0.532. The number of para-hydroxylation sites is 2. The Bertz CT molecular complexity index is 1090. The molecule has 162 valence electrons. The second-order valence-corrected chi connectivity index (χ2v) is 7.85. The minimum absolute atomic E-state index is 0.111. The Balaban J connectivity index is 1.47. The Hall–Kier alpha value is -3.27. The standard InChI is InChI=1S/C21H23N5O4S/c1-4-29-19-10-14-9-13(2)30-18(14)11-15(19)22-20(27)12-31-21-23-24-25-26(21)16-7-5-6-8-17(16)28-3/h5-8,10-11,13H,4,9,12H2,1-3H3,(H,22,27). The minimum Gasteiger partial charge on any atom is -0.494 e. The van der Waals surface area contributed by atoms with Gasteiger partial charge in [-0.25, -0.2) is 0 Å². The lowest BCUT2D eigenvalue weighted by molar-refractivity contribution is -0.113. The van der Waals surface area contributed by atoms with Crippen LogP contribution < -0.4 is 19.5 Å². The van der Waals surface area contributed by atoms with Gasteiger partial charge in [0, 0.05) is 18.1 Å². The lowest BCUT2D eigenvalue weighted by atomic mass is 10.1. The molecule has 1 aromatic heterocycles. The zero-order chi connectivity index (χ0) is 21.8. The average molecular weight is 442 g/mol. The van der Waals surface area contributed by atoms with E-state index in [-0.39, 0.29) is 17.8 Å². The van der Waals surface area contributed by atoms with E-state index in [9.17, 15) is 4.79 Å². The number of hydrogen-bond acceptors (Lipinski definition) is 8. The molecule has 9 nitrogen and oxygen atoms in total. The number of fused-ring (bicyclic) bond motifs is 1. The first-order valence-corrected chi connectivity index (χ1v) is 10.9. The molecule has 31 heavy (non-hydrogen) atoms. The fraction of sp³-hybridized carbons (Fsp3) is 0.333. The van der Waals surface area contributed by atoms with E-state index in [1.165, 1.54) is 11.8 Å². The van der Waals surface area contributed by atoms with Crippen molar-refractivity contribution in [2.24, 2.45) is 0 Å². The van der Waals surface area contributed by atoms with Gasteiger partial charge in [0.25, 0.3) is 0 Å². The zero-order valence-electron chi connectivity index (χ0n) is 17.5. The van der Waals surface area contributed by atoms with Gasteiger partial charge in [-0.2, -0.15) is 4.68 Å². The van der Waals surface area contributed by atoms with Crippen molar-refractivity contribution < 1.29 is 19.0 Å². The molecular formula is C21H23N5O4S. The zero-order valence-corrected chi connectivity index (χ0v) is 18.3. The Morgan fingerprint density at radius 1 is 1.32 bits per heavy atom. The van der Waals surface area contributed by atoms with Crippen LogP contribution >= 0.6 is 11.8 Å². The van der Waals surface area contributed by atoms with Gasteiger partial charge in [0.2, 0.25) is 11.1 Å². The van der Waals surface area contributed by atoms with Crippen LogP contribution in [0.1, 0.15) is 19.4 Å². The van der Waals surface area contributed by atoms with E-state index in [2.05, 4.69) is 20.8 Å². The Morgan fingerprint density at radius 2 is 2.16 bits per heavy atom. The van der Waals surface area contributed by atoms with E-state index in [1.54, 1.807) is 11.8 Å². The van der Waals surface area contributed by atoms with Crippen molar-refractivity contribution >= 4 is 23.4 Å². The van der Waals surface area contributed by atoms with Gasteiger partial charge in [0.05, 0.1) is 25.2 Å². The van der Waals surface area contributed by atoms with Crippen molar-refractivity contribution in [1.82, 2.24) is 20.2 Å². The normalized spacial score (nSPS) is 14.6. The number of carbonyl (C=O) groups is 1. The number of ether oxygens (including phenoxy) is 3. The van der Waals surface area contributed by atoms with Gasteiger partial charge in [-0.15, -0.1) is 5.10 Å². The van der Waals surface area contributed by atoms with Crippen LogP contribution in [0.15, 0.2) is 41.6 Å². The minimum atomic E-state index is -0.202. The molecule has 0 radical (unpaired) electrons. The fourth-order valence-electron chi connectivity index (χ4n) is 3.35. The van der Waals surface area contributed by atoms with Gasteiger partial charge in [-0.3, -0.25) is 4.79 Å². The summed E-state index contributed by atoms with van der Waals surface area (Å²) < 4.78 is 18.5. The van der Waals surface area contributed by atoms with Crippen molar-refractivity contribution in [3.63, 3.8) is 0 Å². The molecule has 1 amide bonds. The molecule has 0 fully saturated rings. The number of tetrazole rings is 1. The number of hydrogen-bond donors (Lipinski definition) is 1. The molecule has 1 atom stereocenters. The van der Waals surface area contributed by atoms with Crippen LogP contribution in [0.3, 0.4) is 0 Å². The number of rotatable bonds is 8. The molecule has 0 aliphatic carbocycles. The van der Waals surface area contributed by atoms with E-state index < -0.39 is 0 Å². The molecule has 1 N–H and O–H groups in total. The van der Waals surface area contributed by atoms with Gasteiger partial charge >= 0.3 is 0 Å². The van der Waals surface area contributed by atoms with Crippen LogP contribution in [0.5, 0.6) is 17.2 Å². The van der Waals surface area contributed by atoms with E-state index >= 15 is 0 Å². The van der Waals surface area contributed by atoms with Crippen LogP contribution in [-0.4, -0.2) is 51.7 Å². The van der Waals surface area contributed by atoms with Crippen LogP contribution in [0.2, 0.25) is 0 Å². The molecule has 4 rings (SSSR count). The molecule has 1 aliphatic heterocycles. The van der Waals surface area contributed by atoms with Crippen LogP contribution in [0.4, 0.5) is 5.69 Å². The van der Waals surface area contributed by atoms with Crippen molar-refractivity contribution in [3.05, 3.63) is 42.0 Å². The number of methoxy groups -OCH3 is 1. The molecule has 0 spiro atoms. The van der Waals surface area contributed by atoms with E-state index in [0.29, 0.717) is 34.6 Å². The highest BCUT2D eigenvalue weighted by Crippen LogP contribution is 2.38. The predicted octanol–water partition coefficient (Wildman–Crippen LogP) is 3.12. The SMILES string of the molecule is CCOc1cc2c(cc1NC(=O)CSc1nnnn1-c1ccccc1OC)OC(C)C2. The van der Waals surface area contributed by atoms with Crippen LogP contribution in [-0.2, 0) is 11.2 Å². The molecule has 3 aromatic rings. The van der Waals surface area contributed by atoms with Crippen LogP contribution in [0, 0.1) is 0 Å². The highest BCUT2D eigenvalue weighted by atomic mass is 32.2. The molecular weight excluding hydrogens is 418 g/mol. The number of nitrogens with zero attached hydrogens (tertiary/aromatic N) is 4. The predicted molar refractivity (Wildman–Crippen MR) is 116 cm³/mol. The Kier molecular flexibility index (Phi) is 6.26. The lowest BCUT2D eigenvalue weighted by Crippen LogP contribution is -2.15. The summed E-state index contributed by atoms with van der Waals surface area (Å²) in [6.07, 6.45) is 0.935. The molecule has 1 aliphatic rings. The second-order valence-electron chi connectivity index (χ2n) is 6.90. The molecule has 10 heteroatoms. The summed E-state index contributed by atoms with van der Waals surface area (Å²) in [7, 11) is 1.58. The van der Waals surface area contributed by atoms with Crippen molar-refractivity contribution in [1.29, 1.82) is 0 Å². The van der Waals surface area contributed by atoms with E-state index in [0.717, 1.165) is 17.7 Å². The monoisotopic (exact) mass is 441 g/mol. The summed E-state index contributed by atoms with van der Waals surface area (Å²) in [5.41, 5.74) is 2.37. The van der Waals surface area contributed by atoms with Crippen molar-refractivity contribution in [2.75, 3.05) is 24.8 Å². The summed E-state index contributed by atoms with van der Waals surface area (Å²) in [5.74, 6) is 1.96. The number of anilines is 1. The number of nitrogens with one attached hydrogen (secondary N) is 1. The average Bonchev–Trinajstić information content (AvgIpc) is 3.37. The molecule has 0 bridgehead atoms. The molecule has 2 heterocycles. The Labute approximate surface area is 184 Å².